The Bertz CT molecular complexity index is 784. The zero-order chi connectivity index (χ0) is 21.6. The first kappa shape index (κ1) is 21.9. The summed E-state index contributed by atoms with van der Waals surface area (Å²) in [5.74, 6) is -3.38. The van der Waals surface area contributed by atoms with Crippen molar-refractivity contribution in [3.63, 3.8) is 0 Å². The van der Waals surface area contributed by atoms with Crippen molar-refractivity contribution in [2.75, 3.05) is 6.54 Å². The minimum atomic E-state index is -1.54. The first-order valence-corrected chi connectivity index (χ1v) is 8.85. The van der Waals surface area contributed by atoms with Crippen LogP contribution in [0, 0.1) is 0 Å². The zero-order valence-corrected chi connectivity index (χ0v) is 16.3. The number of nitrogens with zero attached hydrogens (tertiary/aromatic N) is 1. The molecule has 0 spiro atoms. The number of amides is 3. The van der Waals surface area contributed by atoms with Gasteiger partial charge < -0.3 is 19.6 Å². The molecular formula is C19H22N2O8. The van der Waals surface area contributed by atoms with Crippen LogP contribution in [0.5, 0.6) is 0 Å². The number of carbonyl (C=O) groups is 5. The van der Waals surface area contributed by atoms with Crippen molar-refractivity contribution in [2.45, 2.75) is 45.3 Å². The van der Waals surface area contributed by atoms with E-state index in [2.05, 4.69) is 5.32 Å². The number of rotatable bonds is 6. The number of carbonyl (C=O) groups excluding carboxylic acids is 5. The van der Waals surface area contributed by atoms with E-state index in [4.69, 9.17) is 14.3 Å². The maximum absolute atomic E-state index is 12.5. The lowest BCUT2D eigenvalue weighted by Gasteiger charge is -2.21. The Morgan fingerprint density at radius 1 is 1.07 bits per heavy atom. The summed E-state index contributed by atoms with van der Waals surface area (Å²) in [6.07, 6.45) is -2.50. The minimum Gasteiger partial charge on any atom is -0.444 e. The molecule has 1 atom stereocenters. The maximum atomic E-state index is 12.5. The third-order valence-electron chi connectivity index (χ3n) is 3.53. The molecule has 0 saturated carbocycles. The second-order valence-electron chi connectivity index (χ2n) is 7.13. The number of alkyl carbamates (subject to hydrolysis) is 1. The zero-order valence-electron chi connectivity index (χ0n) is 16.3. The van der Waals surface area contributed by atoms with Crippen LogP contribution < -0.4 is 5.32 Å². The molecule has 10 nitrogen and oxygen atoms in total. The van der Waals surface area contributed by atoms with E-state index in [1.807, 2.05) is 0 Å². The molecule has 1 N–H and O–H groups in total. The first-order chi connectivity index (χ1) is 13.6. The van der Waals surface area contributed by atoms with Crippen LogP contribution in [0.2, 0.25) is 0 Å². The summed E-state index contributed by atoms with van der Waals surface area (Å²) in [7, 11) is 0. The molecular weight excluding hydrogens is 384 g/mol. The van der Waals surface area contributed by atoms with Gasteiger partial charge in [0.25, 0.3) is 11.8 Å². The number of hydroxylamine groups is 2. The lowest BCUT2D eigenvalue weighted by atomic mass is 10.1. The summed E-state index contributed by atoms with van der Waals surface area (Å²) in [6.45, 7) is 4.42. The number of nitrogens with one attached hydrogen (secondary N) is 1. The number of imide groups is 1. The van der Waals surface area contributed by atoms with Gasteiger partial charge in [0.1, 0.15) is 12.1 Å². The van der Waals surface area contributed by atoms with Crippen LogP contribution in [0.3, 0.4) is 0 Å². The summed E-state index contributed by atoms with van der Waals surface area (Å²) < 4.78 is 10.1. The fraction of sp³-hybridized carbons (Fsp3) is 0.421. The highest BCUT2D eigenvalue weighted by Gasteiger charge is 2.36. The van der Waals surface area contributed by atoms with Crippen molar-refractivity contribution in [1.82, 2.24) is 10.4 Å². The quantitative estimate of drug-likeness (QED) is 0.555. The van der Waals surface area contributed by atoms with Crippen LogP contribution in [0.4, 0.5) is 4.79 Å². The highest BCUT2D eigenvalue weighted by Crippen LogP contribution is 2.22. The van der Waals surface area contributed by atoms with E-state index in [9.17, 15) is 24.0 Å². The van der Waals surface area contributed by atoms with Gasteiger partial charge in [0.2, 0.25) is 6.10 Å². The molecule has 0 aromatic heterocycles. The minimum absolute atomic E-state index is 0.0677. The van der Waals surface area contributed by atoms with Crippen molar-refractivity contribution >= 4 is 29.8 Å². The molecule has 0 radical (unpaired) electrons. The smallest absolute Gasteiger partial charge is 0.408 e. The van der Waals surface area contributed by atoms with E-state index in [-0.39, 0.29) is 18.4 Å². The van der Waals surface area contributed by atoms with Crippen LogP contribution in [-0.2, 0) is 33.5 Å². The molecule has 156 valence electrons. The number of esters is 1. The molecule has 1 aromatic carbocycles. The molecule has 1 aliphatic rings. The summed E-state index contributed by atoms with van der Waals surface area (Å²) in [5, 5.41) is 2.58. The average Bonchev–Trinajstić information content (AvgIpc) is 2.95. The fourth-order valence-corrected chi connectivity index (χ4v) is 2.31. The van der Waals surface area contributed by atoms with Gasteiger partial charge in [-0.15, -0.1) is 5.06 Å². The van der Waals surface area contributed by atoms with Crippen molar-refractivity contribution in [2.24, 2.45) is 0 Å². The van der Waals surface area contributed by atoms with Crippen LogP contribution in [0.15, 0.2) is 30.3 Å². The lowest BCUT2D eigenvalue weighted by molar-refractivity contribution is -0.206. The van der Waals surface area contributed by atoms with E-state index < -0.39 is 48.1 Å². The van der Waals surface area contributed by atoms with Crippen molar-refractivity contribution in [3.05, 3.63) is 35.9 Å². The Hall–Kier alpha value is -3.43. The summed E-state index contributed by atoms with van der Waals surface area (Å²) >= 11 is 0. The number of ether oxygens (including phenoxy) is 2. The molecule has 1 aromatic rings. The third-order valence-corrected chi connectivity index (χ3v) is 3.53. The number of benzene rings is 1. The Labute approximate surface area is 167 Å². The van der Waals surface area contributed by atoms with E-state index >= 15 is 0 Å². The molecule has 29 heavy (non-hydrogen) atoms. The molecule has 10 heteroatoms. The van der Waals surface area contributed by atoms with Crippen molar-refractivity contribution < 1.29 is 38.3 Å². The molecule has 1 saturated heterocycles. The average molecular weight is 406 g/mol. The van der Waals surface area contributed by atoms with Gasteiger partial charge in [-0.1, -0.05) is 30.3 Å². The maximum Gasteiger partial charge on any atom is 0.408 e. The normalized spacial score (nSPS) is 14.9. The van der Waals surface area contributed by atoms with Crippen LogP contribution in [-0.4, -0.2) is 47.1 Å². The predicted octanol–water partition coefficient (Wildman–Crippen LogP) is 1.40. The fourth-order valence-electron chi connectivity index (χ4n) is 2.31. The molecule has 2 rings (SSSR count). The standard InChI is InChI=1S/C19H22N2O8/c1-19(2,3)28-18(26)20-11-15(24)27-16(12-7-5-4-6-8-12)17(25)29-21-13(22)9-10-14(21)23/h4-8,16H,9-11H2,1-3H3,(H,20,26)/t16-/m0/s1. The van der Waals surface area contributed by atoms with Gasteiger partial charge in [-0.05, 0) is 20.8 Å². The highest BCUT2D eigenvalue weighted by molar-refractivity contribution is 6.01. The van der Waals surface area contributed by atoms with Crippen LogP contribution in [0.25, 0.3) is 0 Å². The van der Waals surface area contributed by atoms with Crippen molar-refractivity contribution in [3.8, 4) is 0 Å². The van der Waals surface area contributed by atoms with Gasteiger partial charge >= 0.3 is 18.0 Å². The Kier molecular flexibility index (Phi) is 6.92. The molecule has 0 bridgehead atoms. The van der Waals surface area contributed by atoms with E-state index in [0.717, 1.165) is 0 Å². The molecule has 0 aliphatic carbocycles. The van der Waals surface area contributed by atoms with Crippen LogP contribution >= 0.6 is 0 Å². The lowest BCUT2D eigenvalue weighted by Crippen LogP contribution is -2.38. The Morgan fingerprint density at radius 3 is 2.21 bits per heavy atom. The molecule has 1 fully saturated rings. The van der Waals surface area contributed by atoms with Gasteiger partial charge in [0.05, 0.1) is 0 Å². The predicted molar refractivity (Wildman–Crippen MR) is 96.7 cm³/mol. The molecule has 0 unspecified atom stereocenters. The van der Waals surface area contributed by atoms with Gasteiger partial charge in [0, 0.05) is 18.4 Å². The SMILES string of the molecule is CC(C)(C)OC(=O)NCC(=O)O[C@H](C(=O)ON1C(=O)CCC1=O)c1ccccc1. The Morgan fingerprint density at radius 2 is 1.66 bits per heavy atom. The summed E-state index contributed by atoms with van der Waals surface area (Å²) in [5.41, 5.74) is -0.485. The van der Waals surface area contributed by atoms with Crippen molar-refractivity contribution in [1.29, 1.82) is 0 Å². The summed E-state index contributed by atoms with van der Waals surface area (Å²) in [6, 6.07) is 7.91. The van der Waals surface area contributed by atoms with E-state index in [1.165, 1.54) is 12.1 Å². The van der Waals surface area contributed by atoms with E-state index in [1.54, 1.807) is 39.0 Å². The highest BCUT2D eigenvalue weighted by atomic mass is 16.7. The third kappa shape index (κ3) is 6.59. The molecule has 3 amide bonds. The van der Waals surface area contributed by atoms with E-state index in [0.29, 0.717) is 5.06 Å². The van der Waals surface area contributed by atoms with Gasteiger partial charge in [-0.25, -0.2) is 9.59 Å². The monoisotopic (exact) mass is 406 g/mol. The molecule has 1 heterocycles. The van der Waals surface area contributed by atoms with Gasteiger partial charge in [0.15, 0.2) is 0 Å². The second-order valence-corrected chi connectivity index (χ2v) is 7.13. The summed E-state index contributed by atoms with van der Waals surface area (Å²) in [4.78, 5) is 64.4. The van der Waals surface area contributed by atoms with Gasteiger partial charge in [-0.3, -0.25) is 14.4 Å². The number of hydrogen-bond donors (Lipinski definition) is 1. The van der Waals surface area contributed by atoms with Gasteiger partial charge in [-0.2, -0.15) is 0 Å². The van der Waals surface area contributed by atoms with Crippen LogP contribution in [0.1, 0.15) is 45.3 Å². The molecule has 1 aliphatic heterocycles. The first-order valence-electron chi connectivity index (χ1n) is 8.85. The Balaban J connectivity index is 2.04. The largest absolute Gasteiger partial charge is 0.444 e. The topological polar surface area (TPSA) is 128 Å². The number of hydrogen-bond acceptors (Lipinski definition) is 8. The second kappa shape index (κ2) is 9.18.